The van der Waals surface area contributed by atoms with Crippen LogP contribution in [0.1, 0.15) is 15.9 Å². The second kappa shape index (κ2) is 5.34. The van der Waals surface area contributed by atoms with E-state index in [-0.39, 0.29) is 5.91 Å². The number of hydrogen-bond donors (Lipinski definition) is 2. The monoisotopic (exact) mass is 317 g/mol. The molecule has 3 aromatic heterocycles. The number of nitrogens with one attached hydrogen (secondary N) is 1. The van der Waals surface area contributed by atoms with Gasteiger partial charge in [-0.15, -0.1) is 0 Å². The summed E-state index contributed by atoms with van der Waals surface area (Å²) in [6.45, 7) is 1.89. The van der Waals surface area contributed by atoms with Gasteiger partial charge in [0.2, 0.25) is 0 Å². The van der Waals surface area contributed by atoms with E-state index in [1.165, 1.54) is 0 Å². The van der Waals surface area contributed by atoms with Crippen LogP contribution >= 0.6 is 0 Å². The van der Waals surface area contributed by atoms with Crippen molar-refractivity contribution in [2.24, 2.45) is 0 Å². The lowest BCUT2D eigenvalue weighted by Crippen LogP contribution is -2.22. The van der Waals surface area contributed by atoms with Gasteiger partial charge in [-0.2, -0.15) is 0 Å². The SMILES string of the molecule is Cc1cc2cc(C(=O)Nn3ccc4cccnc43)ccc2nc1N. The number of pyridine rings is 2. The highest BCUT2D eigenvalue weighted by Crippen LogP contribution is 2.19. The molecule has 0 bridgehead atoms. The Morgan fingerprint density at radius 2 is 2.04 bits per heavy atom. The first kappa shape index (κ1) is 14.2. The fraction of sp³-hybridized carbons (Fsp3) is 0.0556. The van der Waals surface area contributed by atoms with Crippen molar-refractivity contribution >= 4 is 33.7 Å². The lowest BCUT2D eigenvalue weighted by Gasteiger charge is -2.09. The third kappa shape index (κ3) is 2.34. The average molecular weight is 317 g/mol. The molecule has 4 rings (SSSR count). The van der Waals surface area contributed by atoms with E-state index in [0.717, 1.165) is 21.9 Å². The number of carbonyl (C=O) groups is 1. The van der Waals surface area contributed by atoms with Crippen LogP contribution in [0.5, 0.6) is 0 Å². The number of carbonyl (C=O) groups excluding carboxylic acids is 1. The molecule has 4 aromatic rings. The van der Waals surface area contributed by atoms with E-state index < -0.39 is 0 Å². The first-order valence-corrected chi connectivity index (χ1v) is 7.52. The predicted octanol–water partition coefficient (Wildman–Crippen LogP) is 2.86. The summed E-state index contributed by atoms with van der Waals surface area (Å²) in [5.41, 5.74) is 11.6. The van der Waals surface area contributed by atoms with E-state index in [1.54, 1.807) is 29.2 Å². The molecule has 0 aliphatic heterocycles. The van der Waals surface area contributed by atoms with E-state index in [1.807, 2.05) is 37.3 Å². The molecule has 0 saturated carbocycles. The number of benzene rings is 1. The second-order valence-corrected chi connectivity index (χ2v) is 5.64. The minimum Gasteiger partial charge on any atom is -0.383 e. The first-order chi connectivity index (χ1) is 11.6. The molecule has 0 fully saturated rings. The molecule has 6 nitrogen and oxygen atoms in total. The highest BCUT2D eigenvalue weighted by molar-refractivity contribution is 6.03. The third-order valence-electron chi connectivity index (χ3n) is 3.98. The number of hydrogen-bond acceptors (Lipinski definition) is 4. The number of nitrogen functional groups attached to an aromatic ring is 1. The molecule has 1 amide bonds. The van der Waals surface area contributed by atoms with Gasteiger partial charge in [0.25, 0.3) is 5.91 Å². The van der Waals surface area contributed by atoms with Crippen molar-refractivity contribution in [3.63, 3.8) is 0 Å². The number of rotatable bonds is 2. The minimum absolute atomic E-state index is 0.213. The number of amides is 1. The Morgan fingerprint density at radius 1 is 1.17 bits per heavy atom. The van der Waals surface area contributed by atoms with Gasteiger partial charge in [-0.25, -0.2) is 14.6 Å². The molecule has 24 heavy (non-hydrogen) atoms. The van der Waals surface area contributed by atoms with Gasteiger partial charge in [-0.1, -0.05) is 0 Å². The minimum atomic E-state index is -0.213. The number of anilines is 1. The molecule has 0 atom stereocenters. The van der Waals surface area contributed by atoms with Crippen molar-refractivity contribution in [1.29, 1.82) is 0 Å². The van der Waals surface area contributed by atoms with Gasteiger partial charge >= 0.3 is 0 Å². The van der Waals surface area contributed by atoms with E-state index in [9.17, 15) is 4.79 Å². The maximum atomic E-state index is 12.5. The molecule has 1 aromatic carbocycles. The molecule has 3 heterocycles. The quantitative estimate of drug-likeness (QED) is 0.595. The van der Waals surface area contributed by atoms with Crippen LogP contribution in [0.15, 0.2) is 54.9 Å². The largest absolute Gasteiger partial charge is 0.383 e. The Bertz CT molecular complexity index is 1080. The Balaban J connectivity index is 1.69. The van der Waals surface area contributed by atoms with Crippen LogP contribution in [-0.4, -0.2) is 20.6 Å². The van der Waals surface area contributed by atoms with E-state index in [0.29, 0.717) is 17.0 Å². The van der Waals surface area contributed by atoms with E-state index in [2.05, 4.69) is 15.4 Å². The van der Waals surface area contributed by atoms with Crippen molar-refractivity contribution in [2.75, 3.05) is 11.2 Å². The first-order valence-electron chi connectivity index (χ1n) is 7.52. The summed E-state index contributed by atoms with van der Waals surface area (Å²) in [6, 6.07) is 13.0. The maximum Gasteiger partial charge on any atom is 0.270 e. The topological polar surface area (TPSA) is 85.8 Å². The fourth-order valence-corrected chi connectivity index (χ4v) is 2.67. The van der Waals surface area contributed by atoms with E-state index >= 15 is 0 Å². The summed E-state index contributed by atoms with van der Waals surface area (Å²) in [6.07, 6.45) is 3.48. The van der Waals surface area contributed by atoms with Crippen LogP contribution in [-0.2, 0) is 0 Å². The summed E-state index contributed by atoms with van der Waals surface area (Å²) in [4.78, 5) is 21.2. The van der Waals surface area contributed by atoms with Gasteiger partial charge in [-0.3, -0.25) is 10.2 Å². The van der Waals surface area contributed by atoms with Gasteiger partial charge in [-0.05, 0) is 55.0 Å². The van der Waals surface area contributed by atoms with Crippen LogP contribution in [0.25, 0.3) is 21.9 Å². The highest BCUT2D eigenvalue weighted by Gasteiger charge is 2.10. The van der Waals surface area contributed by atoms with Crippen molar-refractivity contribution in [3.05, 3.63) is 66.0 Å². The number of nitrogens with zero attached hydrogens (tertiary/aromatic N) is 3. The normalized spacial score (nSPS) is 11.0. The van der Waals surface area contributed by atoms with Gasteiger partial charge in [0, 0.05) is 28.7 Å². The zero-order valence-electron chi connectivity index (χ0n) is 13.0. The van der Waals surface area contributed by atoms with Gasteiger partial charge < -0.3 is 5.73 Å². The Hall–Kier alpha value is -3.41. The molecule has 0 radical (unpaired) electrons. The molecule has 0 aliphatic rings. The molecular formula is C18H15N5O. The van der Waals surface area contributed by atoms with Crippen LogP contribution in [0, 0.1) is 6.92 Å². The standard InChI is InChI=1S/C18H15N5O/c1-11-9-14-10-13(4-5-15(14)21-16(11)19)18(24)22-23-8-6-12-3-2-7-20-17(12)23/h2-10H,1H3,(H2,19,21)(H,22,24). The van der Waals surface area contributed by atoms with E-state index in [4.69, 9.17) is 5.73 Å². The molecule has 118 valence electrons. The predicted molar refractivity (Wildman–Crippen MR) is 94.3 cm³/mol. The smallest absolute Gasteiger partial charge is 0.270 e. The average Bonchev–Trinajstić information content (AvgIpc) is 2.99. The van der Waals surface area contributed by atoms with Gasteiger partial charge in [0.05, 0.1) is 5.52 Å². The van der Waals surface area contributed by atoms with Crippen LogP contribution in [0.4, 0.5) is 5.82 Å². The Morgan fingerprint density at radius 3 is 2.92 bits per heavy atom. The van der Waals surface area contributed by atoms with Crippen LogP contribution < -0.4 is 11.2 Å². The summed E-state index contributed by atoms with van der Waals surface area (Å²) in [5, 5.41) is 1.84. The molecule has 0 aliphatic carbocycles. The van der Waals surface area contributed by atoms with Crippen molar-refractivity contribution in [2.45, 2.75) is 6.92 Å². The number of nitrogens with two attached hydrogens (primary N) is 1. The number of aromatic nitrogens is 3. The van der Waals surface area contributed by atoms with Crippen LogP contribution in [0.2, 0.25) is 0 Å². The summed E-state index contributed by atoms with van der Waals surface area (Å²) in [7, 11) is 0. The zero-order chi connectivity index (χ0) is 16.7. The fourth-order valence-electron chi connectivity index (χ4n) is 2.67. The van der Waals surface area contributed by atoms with Crippen molar-refractivity contribution in [1.82, 2.24) is 14.6 Å². The zero-order valence-corrected chi connectivity index (χ0v) is 13.0. The number of aryl methyl sites for hydroxylation is 1. The van der Waals surface area contributed by atoms with Crippen molar-refractivity contribution in [3.8, 4) is 0 Å². The van der Waals surface area contributed by atoms with Gasteiger partial charge in [0.1, 0.15) is 5.82 Å². The lowest BCUT2D eigenvalue weighted by atomic mass is 10.1. The highest BCUT2D eigenvalue weighted by atomic mass is 16.2. The maximum absolute atomic E-state index is 12.5. The summed E-state index contributed by atoms with van der Waals surface area (Å²) < 4.78 is 1.62. The summed E-state index contributed by atoms with van der Waals surface area (Å²) >= 11 is 0. The second-order valence-electron chi connectivity index (χ2n) is 5.64. The summed E-state index contributed by atoms with van der Waals surface area (Å²) in [5.74, 6) is 0.291. The van der Waals surface area contributed by atoms with Gasteiger partial charge in [0.15, 0.2) is 5.65 Å². The molecule has 0 unspecified atom stereocenters. The molecule has 6 heteroatoms. The number of fused-ring (bicyclic) bond motifs is 2. The Kier molecular flexibility index (Phi) is 3.16. The molecule has 3 N–H and O–H groups in total. The Labute approximate surface area is 137 Å². The molecule has 0 spiro atoms. The van der Waals surface area contributed by atoms with Crippen molar-refractivity contribution < 1.29 is 4.79 Å². The molecule has 0 saturated heterocycles. The third-order valence-corrected chi connectivity index (χ3v) is 3.98. The molecular weight excluding hydrogens is 302 g/mol. The van der Waals surface area contributed by atoms with Crippen LogP contribution in [0.3, 0.4) is 0 Å². The lowest BCUT2D eigenvalue weighted by molar-refractivity contribution is 0.101.